The first-order valence-electron chi connectivity index (χ1n) is 9.87. The molecular formula is C23H24N2O3S. The van der Waals surface area contributed by atoms with Gasteiger partial charge in [0.2, 0.25) is 10.0 Å². The van der Waals surface area contributed by atoms with Crippen LogP contribution in [0.3, 0.4) is 0 Å². The van der Waals surface area contributed by atoms with Crippen LogP contribution in [0.1, 0.15) is 35.2 Å². The number of amides is 1. The van der Waals surface area contributed by atoms with Gasteiger partial charge in [-0.25, -0.2) is 8.42 Å². The molecule has 1 amide bonds. The van der Waals surface area contributed by atoms with Crippen LogP contribution in [0.5, 0.6) is 0 Å². The minimum atomic E-state index is -3.59. The summed E-state index contributed by atoms with van der Waals surface area (Å²) in [6, 6.07) is 18.3. The largest absolute Gasteiger partial charge is 0.321 e. The monoisotopic (exact) mass is 408 g/mol. The highest BCUT2D eigenvalue weighted by Gasteiger charge is 2.27. The molecule has 0 aromatic heterocycles. The van der Waals surface area contributed by atoms with E-state index in [2.05, 4.69) is 5.32 Å². The molecular weight excluding hydrogens is 384 g/mol. The number of hydrogen-bond donors (Lipinski definition) is 1. The summed E-state index contributed by atoms with van der Waals surface area (Å²) in [6.07, 6.45) is 2.80. The molecule has 0 bridgehead atoms. The minimum Gasteiger partial charge on any atom is -0.321 e. The topological polar surface area (TPSA) is 66.5 Å². The van der Waals surface area contributed by atoms with Gasteiger partial charge in [-0.3, -0.25) is 4.79 Å². The standard InChI is InChI=1S/C23H24N2O3S/c1-17-12-13-19(29(27,28)25-14-5-2-6-15-25)16-21(17)23(26)24-22-11-7-9-18-8-3-4-10-20(18)22/h3-4,7-13,16H,2,5-6,14-15H2,1H3,(H,24,26). The van der Waals surface area contributed by atoms with Crippen molar-refractivity contribution in [3.05, 3.63) is 71.8 Å². The summed E-state index contributed by atoms with van der Waals surface area (Å²) in [7, 11) is -3.59. The molecule has 3 aromatic rings. The summed E-state index contributed by atoms with van der Waals surface area (Å²) < 4.78 is 27.5. The summed E-state index contributed by atoms with van der Waals surface area (Å²) in [6.45, 7) is 2.89. The maximum Gasteiger partial charge on any atom is 0.255 e. The quantitative estimate of drug-likeness (QED) is 0.687. The third-order valence-corrected chi connectivity index (χ3v) is 7.34. The molecule has 0 radical (unpaired) electrons. The van der Waals surface area contributed by atoms with E-state index in [0.29, 0.717) is 24.3 Å². The second-order valence-corrected chi connectivity index (χ2v) is 9.36. The molecule has 29 heavy (non-hydrogen) atoms. The molecule has 5 nitrogen and oxygen atoms in total. The van der Waals surface area contributed by atoms with E-state index in [1.807, 2.05) is 49.4 Å². The molecule has 1 heterocycles. The van der Waals surface area contributed by atoms with E-state index in [-0.39, 0.29) is 10.8 Å². The van der Waals surface area contributed by atoms with Gasteiger partial charge in [0.25, 0.3) is 5.91 Å². The fraction of sp³-hybridized carbons (Fsp3) is 0.261. The van der Waals surface area contributed by atoms with E-state index in [9.17, 15) is 13.2 Å². The Morgan fingerprint density at radius 1 is 0.931 bits per heavy atom. The molecule has 1 aliphatic heterocycles. The molecule has 1 N–H and O–H groups in total. The van der Waals surface area contributed by atoms with E-state index < -0.39 is 10.0 Å². The normalized spacial score (nSPS) is 15.3. The maximum atomic E-state index is 13.0. The average molecular weight is 409 g/mol. The predicted octanol–water partition coefficient (Wildman–Crippen LogP) is 4.58. The van der Waals surface area contributed by atoms with E-state index in [1.165, 1.54) is 10.4 Å². The van der Waals surface area contributed by atoms with Crippen molar-refractivity contribution in [2.45, 2.75) is 31.1 Å². The Morgan fingerprint density at radius 2 is 1.66 bits per heavy atom. The molecule has 0 spiro atoms. The summed E-state index contributed by atoms with van der Waals surface area (Å²) in [5.41, 5.74) is 1.81. The molecule has 1 saturated heterocycles. The second kappa shape index (κ2) is 7.97. The van der Waals surface area contributed by atoms with Crippen LogP contribution in [0.4, 0.5) is 5.69 Å². The van der Waals surface area contributed by atoms with E-state index in [4.69, 9.17) is 0 Å². The van der Waals surface area contributed by atoms with Crippen molar-refractivity contribution in [1.82, 2.24) is 4.31 Å². The maximum absolute atomic E-state index is 13.0. The molecule has 150 valence electrons. The van der Waals surface area contributed by atoms with Crippen molar-refractivity contribution in [2.24, 2.45) is 0 Å². The van der Waals surface area contributed by atoms with Crippen LogP contribution in [0.25, 0.3) is 10.8 Å². The van der Waals surface area contributed by atoms with Gasteiger partial charge < -0.3 is 5.32 Å². The first-order valence-corrected chi connectivity index (χ1v) is 11.3. The van der Waals surface area contributed by atoms with Gasteiger partial charge in [-0.2, -0.15) is 4.31 Å². The molecule has 0 atom stereocenters. The van der Waals surface area contributed by atoms with Crippen LogP contribution in [0, 0.1) is 6.92 Å². The van der Waals surface area contributed by atoms with Gasteiger partial charge in [0.05, 0.1) is 4.90 Å². The van der Waals surface area contributed by atoms with Crippen molar-refractivity contribution in [2.75, 3.05) is 18.4 Å². The van der Waals surface area contributed by atoms with Crippen LogP contribution in [0.15, 0.2) is 65.6 Å². The number of hydrogen-bond acceptors (Lipinski definition) is 3. The number of aryl methyl sites for hydroxylation is 1. The Morgan fingerprint density at radius 3 is 2.45 bits per heavy atom. The molecule has 0 unspecified atom stereocenters. The zero-order valence-corrected chi connectivity index (χ0v) is 17.2. The van der Waals surface area contributed by atoms with E-state index in [1.54, 1.807) is 12.1 Å². The fourth-order valence-corrected chi connectivity index (χ4v) is 5.33. The number of rotatable bonds is 4. The van der Waals surface area contributed by atoms with Crippen molar-refractivity contribution >= 4 is 32.4 Å². The Hall–Kier alpha value is -2.70. The number of fused-ring (bicyclic) bond motifs is 1. The number of nitrogens with one attached hydrogen (secondary N) is 1. The average Bonchev–Trinajstić information content (AvgIpc) is 2.75. The summed E-state index contributed by atoms with van der Waals surface area (Å²) in [4.78, 5) is 13.2. The zero-order valence-electron chi connectivity index (χ0n) is 16.4. The Balaban J connectivity index is 1.66. The zero-order chi connectivity index (χ0) is 20.4. The van der Waals surface area contributed by atoms with Gasteiger partial charge in [0.15, 0.2) is 0 Å². The first-order chi connectivity index (χ1) is 14.0. The SMILES string of the molecule is Cc1ccc(S(=O)(=O)N2CCCCC2)cc1C(=O)Nc1cccc2ccccc12. The minimum absolute atomic E-state index is 0.174. The number of benzene rings is 3. The van der Waals surface area contributed by atoms with Crippen molar-refractivity contribution in [3.63, 3.8) is 0 Å². The molecule has 6 heteroatoms. The highest BCUT2D eigenvalue weighted by Crippen LogP contribution is 2.26. The van der Waals surface area contributed by atoms with Crippen LogP contribution in [-0.4, -0.2) is 31.7 Å². The number of carbonyl (C=O) groups is 1. The van der Waals surface area contributed by atoms with Crippen molar-refractivity contribution in [1.29, 1.82) is 0 Å². The second-order valence-electron chi connectivity index (χ2n) is 7.42. The molecule has 0 saturated carbocycles. The molecule has 0 aliphatic carbocycles. The predicted molar refractivity (Wildman–Crippen MR) is 116 cm³/mol. The van der Waals surface area contributed by atoms with Crippen LogP contribution < -0.4 is 5.32 Å². The number of sulfonamides is 1. The Bertz CT molecular complexity index is 1160. The summed E-state index contributed by atoms with van der Waals surface area (Å²) in [5.74, 6) is -0.311. The smallest absolute Gasteiger partial charge is 0.255 e. The van der Waals surface area contributed by atoms with Crippen LogP contribution in [-0.2, 0) is 10.0 Å². The van der Waals surface area contributed by atoms with E-state index in [0.717, 1.165) is 35.6 Å². The Labute approximate surface area is 171 Å². The summed E-state index contributed by atoms with van der Waals surface area (Å²) in [5, 5.41) is 4.93. The molecule has 4 rings (SSSR count). The first kappa shape index (κ1) is 19.6. The fourth-order valence-electron chi connectivity index (χ4n) is 3.78. The molecule has 1 aliphatic rings. The lowest BCUT2D eigenvalue weighted by Crippen LogP contribution is -2.35. The highest BCUT2D eigenvalue weighted by atomic mass is 32.2. The lowest BCUT2D eigenvalue weighted by Gasteiger charge is -2.26. The number of nitrogens with zero attached hydrogens (tertiary/aromatic N) is 1. The van der Waals surface area contributed by atoms with Gasteiger partial charge in [0.1, 0.15) is 0 Å². The molecule has 1 fully saturated rings. The third kappa shape index (κ3) is 3.91. The van der Waals surface area contributed by atoms with Gasteiger partial charge >= 0.3 is 0 Å². The van der Waals surface area contributed by atoms with Crippen molar-refractivity contribution in [3.8, 4) is 0 Å². The lowest BCUT2D eigenvalue weighted by atomic mass is 10.1. The van der Waals surface area contributed by atoms with Crippen molar-refractivity contribution < 1.29 is 13.2 Å². The number of piperidine rings is 1. The molecule has 3 aromatic carbocycles. The van der Waals surface area contributed by atoms with Gasteiger partial charge in [-0.1, -0.05) is 48.9 Å². The van der Waals surface area contributed by atoms with Gasteiger partial charge in [0, 0.05) is 29.7 Å². The number of carbonyl (C=O) groups excluding carboxylic acids is 1. The van der Waals surface area contributed by atoms with Gasteiger partial charge in [-0.15, -0.1) is 0 Å². The van der Waals surface area contributed by atoms with Crippen LogP contribution in [0.2, 0.25) is 0 Å². The van der Waals surface area contributed by atoms with E-state index >= 15 is 0 Å². The highest BCUT2D eigenvalue weighted by molar-refractivity contribution is 7.89. The van der Waals surface area contributed by atoms with Gasteiger partial charge in [-0.05, 0) is 48.9 Å². The van der Waals surface area contributed by atoms with Crippen LogP contribution >= 0.6 is 0 Å². The number of anilines is 1. The summed E-state index contributed by atoms with van der Waals surface area (Å²) >= 11 is 0. The third-order valence-electron chi connectivity index (χ3n) is 5.44. The Kier molecular flexibility index (Phi) is 5.39. The lowest BCUT2D eigenvalue weighted by molar-refractivity contribution is 0.102.